The molecule has 0 aliphatic heterocycles. The number of aromatic hydroxyl groups is 2. The summed E-state index contributed by atoms with van der Waals surface area (Å²) in [6.45, 7) is 3.71. The Kier molecular flexibility index (Phi) is 3.37. The van der Waals surface area contributed by atoms with E-state index < -0.39 is 5.91 Å². The maximum atomic E-state index is 12.0. The van der Waals surface area contributed by atoms with Crippen LogP contribution in [0.4, 0.5) is 5.82 Å². The maximum Gasteiger partial charge on any atom is 0.264 e. The number of carbonyl (C=O) groups excluding carboxylic acids is 1. The van der Waals surface area contributed by atoms with Gasteiger partial charge in [0.05, 0.1) is 0 Å². The Morgan fingerprint density at radius 3 is 2.37 bits per heavy atom. The molecule has 0 spiro atoms. The molecule has 19 heavy (non-hydrogen) atoms. The molecule has 2 aromatic rings. The van der Waals surface area contributed by atoms with Crippen LogP contribution in [0.5, 0.6) is 11.5 Å². The van der Waals surface area contributed by atoms with E-state index in [4.69, 9.17) is 0 Å². The zero-order valence-corrected chi connectivity index (χ0v) is 10.6. The van der Waals surface area contributed by atoms with Crippen molar-refractivity contribution in [3.05, 3.63) is 47.2 Å². The molecule has 5 heteroatoms. The minimum atomic E-state index is -0.604. The number of rotatable bonds is 2. The topological polar surface area (TPSA) is 82.5 Å². The van der Waals surface area contributed by atoms with Crippen molar-refractivity contribution in [2.24, 2.45) is 0 Å². The first kappa shape index (κ1) is 12.9. The van der Waals surface area contributed by atoms with Gasteiger partial charge in [-0.25, -0.2) is 4.98 Å². The van der Waals surface area contributed by atoms with Gasteiger partial charge in [-0.15, -0.1) is 0 Å². The molecule has 1 aromatic carbocycles. The SMILES string of the molecule is Cc1cc(C)nc(NC(=O)c2c(O)cccc2O)c1. The summed E-state index contributed by atoms with van der Waals surface area (Å²) in [5.41, 5.74) is 1.57. The number of aromatic nitrogens is 1. The Labute approximate surface area is 110 Å². The van der Waals surface area contributed by atoms with Crippen LogP contribution in [-0.2, 0) is 0 Å². The molecule has 1 aromatic heterocycles. The van der Waals surface area contributed by atoms with E-state index in [0.29, 0.717) is 5.82 Å². The summed E-state index contributed by atoms with van der Waals surface area (Å²) in [6.07, 6.45) is 0. The second-order valence-corrected chi connectivity index (χ2v) is 4.30. The van der Waals surface area contributed by atoms with E-state index in [9.17, 15) is 15.0 Å². The molecule has 98 valence electrons. The first-order valence-corrected chi connectivity index (χ1v) is 5.75. The Morgan fingerprint density at radius 1 is 1.16 bits per heavy atom. The van der Waals surface area contributed by atoms with Crippen LogP contribution in [0.1, 0.15) is 21.6 Å². The molecule has 0 saturated heterocycles. The molecule has 0 saturated carbocycles. The Balaban J connectivity index is 2.31. The van der Waals surface area contributed by atoms with Gasteiger partial charge in [-0.2, -0.15) is 0 Å². The summed E-state index contributed by atoms with van der Waals surface area (Å²) in [6, 6.07) is 7.72. The summed E-state index contributed by atoms with van der Waals surface area (Å²) >= 11 is 0. The van der Waals surface area contributed by atoms with Gasteiger partial charge in [0, 0.05) is 5.69 Å². The third kappa shape index (κ3) is 2.82. The smallest absolute Gasteiger partial charge is 0.264 e. The largest absolute Gasteiger partial charge is 0.507 e. The number of carbonyl (C=O) groups is 1. The second kappa shape index (κ2) is 4.97. The summed E-state index contributed by atoms with van der Waals surface area (Å²) in [4.78, 5) is 16.2. The lowest BCUT2D eigenvalue weighted by Crippen LogP contribution is -2.13. The fourth-order valence-corrected chi connectivity index (χ4v) is 1.85. The van der Waals surface area contributed by atoms with E-state index in [1.54, 1.807) is 6.07 Å². The van der Waals surface area contributed by atoms with Crippen molar-refractivity contribution >= 4 is 11.7 Å². The van der Waals surface area contributed by atoms with Crippen molar-refractivity contribution in [1.82, 2.24) is 4.98 Å². The number of phenols is 2. The molecule has 0 aliphatic rings. The zero-order chi connectivity index (χ0) is 14.0. The fraction of sp³-hybridized carbons (Fsp3) is 0.143. The lowest BCUT2D eigenvalue weighted by atomic mass is 10.1. The zero-order valence-electron chi connectivity index (χ0n) is 10.6. The number of nitrogens with one attached hydrogen (secondary N) is 1. The van der Waals surface area contributed by atoms with E-state index in [0.717, 1.165) is 11.3 Å². The van der Waals surface area contributed by atoms with Gasteiger partial charge >= 0.3 is 0 Å². The normalized spacial score (nSPS) is 10.2. The van der Waals surface area contributed by atoms with Crippen LogP contribution < -0.4 is 5.32 Å². The van der Waals surface area contributed by atoms with Gasteiger partial charge in [-0.1, -0.05) is 6.07 Å². The molecular weight excluding hydrogens is 244 g/mol. The minimum absolute atomic E-state index is 0.163. The molecule has 0 fully saturated rings. The fourth-order valence-electron chi connectivity index (χ4n) is 1.85. The van der Waals surface area contributed by atoms with Gasteiger partial charge in [-0.05, 0) is 43.7 Å². The number of amides is 1. The van der Waals surface area contributed by atoms with E-state index in [1.165, 1.54) is 18.2 Å². The molecule has 1 amide bonds. The molecule has 0 bridgehead atoms. The monoisotopic (exact) mass is 258 g/mol. The average Bonchev–Trinajstić information content (AvgIpc) is 2.26. The quantitative estimate of drug-likeness (QED) is 0.772. The molecule has 5 nitrogen and oxygen atoms in total. The predicted molar refractivity (Wildman–Crippen MR) is 71.4 cm³/mol. The van der Waals surface area contributed by atoms with E-state index in [1.807, 2.05) is 19.9 Å². The van der Waals surface area contributed by atoms with Crippen molar-refractivity contribution in [2.75, 3.05) is 5.32 Å². The van der Waals surface area contributed by atoms with Gasteiger partial charge < -0.3 is 15.5 Å². The minimum Gasteiger partial charge on any atom is -0.507 e. The highest BCUT2D eigenvalue weighted by Crippen LogP contribution is 2.27. The summed E-state index contributed by atoms with van der Waals surface area (Å²) in [5.74, 6) is -0.776. The first-order chi connectivity index (χ1) is 8.97. The van der Waals surface area contributed by atoms with E-state index in [2.05, 4.69) is 10.3 Å². The third-order valence-electron chi connectivity index (χ3n) is 2.59. The standard InChI is InChI=1S/C14H14N2O3/c1-8-6-9(2)15-12(7-8)16-14(19)13-10(17)4-3-5-11(13)18/h3-7,17-18H,1-2H3,(H,15,16,19). The van der Waals surface area contributed by atoms with Crippen LogP contribution in [0.3, 0.4) is 0 Å². The molecule has 0 radical (unpaired) electrons. The number of phenolic OH excluding ortho intramolecular Hbond substituents is 2. The van der Waals surface area contributed by atoms with Gasteiger partial charge in [-0.3, -0.25) is 4.79 Å². The van der Waals surface area contributed by atoms with Crippen LogP contribution >= 0.6 is 0 Å². The highest BCUT2D eigenvalue weighted by atomic mass is 16.3. The number of pyridine rings is 1. The first-order valence-electron chi connectivity index (χ1n) is 5.75. The number of hydrogen-bond donors (Lipinski definition) is 3. The Bertz CT molecular complexity index is 598. The third-order valence-corrected chi connectivity index (χ3v) is 2.59. The van der Waals surface area contributed by atoms with Crippen molar-refractivity contribution < 1.29 is 15.0 Å². The molecule has 0 atom stereocenters. The highest BCUT2D eigenvalue weighted by Gasteiger charge is 2.16. The number of aryl methyl sites for hydroxylation is 2. The number of anilines is 1. The summed E-state index contributed by atoms with van der Waals surface area (Å²) in [5, 5.41) is 21.8. The van der Waals surface area contributed by atoms with Gasteiger partial charge in [0.1, 0.15) is 22.9 Å². The second-order valence-electron chi connectivity index (χ2n) is 4.30. The van der Waals surface area contributed by atoms with Crippen LogP contribution in [0.2, 0.25) is 0 Å². The van der Waals surface area contributed by atoms with E-state index in [-0.39, 0.29) is 17.1 Å². The van der Waals surface area contributed by atoms with Crippen LogP contribution in [-0.4, -0.2) is 21.1 Å². The lowest BCUT2D eigenvalue weighted by Gasteiger charge is -2.09. The summed E-state index contributed by atoms with van der Waals surface area (Å²) in [7, 11) is 0. The molecule has 3 N–H and O–H groups in total. The molecule has 2 rings (SSSR count). The van der Waals surface area contributed by atoms with Gasteiger partial charge in [0.2, 0.25) is 0 Å². The number of benzene rings is 1. The van der Waals surface area contributed by atoms with Crippen molar-refractivity contribution in [3.63, 3.8) is 0 Å². The van der Waals surface area contributed by atoms with Crippen molar-refractivity contribution in [1.29, 1.82) is 0 Å². The van der Waals surface area contributed by atoms with Crippen LogP contribution in [0.25, 0.3) is 0 Å². The van der Waals surface area contributed by atoms with Gasteiger partial charge in [0.15, 0.2) is 0 Å². The highest BCUT2D eigenvalue weighted by molar-refractivity contribution is 6.07. The maximum absolute atomic E-state index is 12.0. The number of hydrogen-bond acceptors (Lipinski definition) is 4. The molecule has 0 unspecified atom stereocenters. The van der Waals surface area contributed by atoms with E-state index >= 15 is 0 Å². The Hall–Kier alpha value is -2.56. The average molecular weight is 258 g/mol. The van der Waals surface area contributed by atoms with Crippen molar-refractivity contribution in [2.45, 2.75) is 13.8 Å². The molecule has 1 heterocycles. The van der Waals surface area contributed by atoms with Crippen molar-refractivity contribution in [3.8, 4) is 11.5 Å². The summed E-state index contributed by atoms with van der Waals surface area (Å²) < 4.78 is 0. The van der Waals surface area contributed by atoms with Gasteiger partial charge in [0.25, 0.3) is 5.91 Å². The van der Waals surface area contributed by atoms with Crippen LogP contribution in [0, 0.1) is 13.8 Å². The predicted octanol–water partition coefficient (Wildman–Crippen LogP) is 2.36. The Morgan fingerprint density at radius 2 is 1.79 bits per heavy atom. The van der Waals surface area contributed by atoms with Crippen LogP contribution in [0.15, 0.2) is 30.3 Å². The number of nitrogens with zero attached hydrogens (tertiary/aromatic N) is 1. The lowest BCUT2D eigenvalue weighted by molar-refractivity contribution is 0.102. The molecule has 0 aliphatic carbocycles. The molecular formula is C14H14N2O3.